The second-order valence-electron chi connectivity index (χ2n) is 4.82. The molecular formula is C17H16INO3. The van der Waals surface area contributed by atoms with Crippen LogP contribution in [0.2, 0.25) is 0 Å². The molecule has 22 heavy (non-hydrogen) atoms. The lowest BCUT2D eigenvalue weighted by Crippen LogP contribution is -2.30. The number of hydrogen-bond acceptors (Lipinski definition) is 3. The molecule has 0 fully saturated rings. The average Bonchev–Trinajstić information content (AvgIpc) is 2.53. The number of amides is 1. The van der Waals surface area contributed by atoms with Gasteiger partial charge in [-0.15, -0.1) is 0 Å². The molecule has 0 saturated heterocycles. The minimum absolute atomic E-state index is 0.234. The minimum Gasteiger partial charge on any atom is -0.452 e. The van der Waals surface area contributed by atoms with Gasteiger partial charge in [0.1, 0.15) is 0 Å². The second-order valence-corrected chi connectivity index (χ2v) is 6.06. The van der Waals surface area contributed by atoms with Gasteiger partial charge in [-0.25, -0.2) is 4.79 Å². The third-order valence-corrected chi connectivity index (χ3v) is 3.81. The summed E-state index contributed by atoms with van der Waals surface area (Å²) in [5.41, 5.74) is 1.47. The summed E-state index contributed by atoms with van der Waals surface area (Å²) < 4.78 is 6.09. The number of hydrogen-bond donors (Lipinski definition) is 0. The summed E-state index contributed by atoms with van der Waals surface area (Å²) >= 11 is 2.16. The van der Waals surface area contributed by atoms with Gasteiger partial charge in [-0.3, -0.25) is 4.79 Å². The molecule has 0 saturated carbocycles. The van der Waals surface area contributed by atoms with E-state index in [-0.39, 0.29) is 12.5 Å². The minimum atomic E-state index is -0.488. The SMILES string of the molecule is CN(Cc1ccccc1)C(=O)COC(=O)c1ccc(I)cc1. The number of rotatable bonds is 5. The van der Waals surface area contributed by atoms with Gasteiger partial charge in [0.2, 0.25) is 0 Å². The predicted molar refractivity (Wildman–Crippen MR) is 92.4 cm³/mol. The van der Waals surface area contributed by atoms with Crippen molar-refractivity contribution in [1.29, 1.82) is 0 Å². The number of esters is 1. The lowest BCUT2D eigenvalue weighted by molar-refractivity contribution is -0.133. The quantitative estimate of drug-likeness (QED) is 0.563. The molecule has 0 aliphatic carbocycles. The average molecular weight is 409 g/mol. The summed E-state index contributed by atoms with van der Waals surface area (Å²) in [5, 5.41) is 0. The standard InChI is InChI=1S/C17H16INO3/c1-19(11-13-5-3-2-4-6-13)16(20)12-22-17(21)14-7-9-15(18)10-8-14/h2-10H,11-12H2,1H3. The van der Waals surface area contributed by atoms with Gasteiger partial charge in [-0.1, -0.05) is 30.3 Å². The van der Waals surface area contributed by atoms with E-state index in [0.717, 1.165) is 9.13 Å². The van der Waals surface area contributed by atoms with Crippen LogP contribution in [-0.2, 0) is 16.1 Å². The van der Waals surface area contributed by atoms with Crippen molar-refractivity contribution in [2.45, 2.75) is 6.54 Å². The highest BCUT2D eigenvalue weighted by atomic mass is 127. The molecule has 0 aliphatic heterocycles. The summed E-state index contributed by atoms with van der Waals surface area (Å²) in [6.45, 7) is 0.231. The van der Waals surface area contributed by atoms with Crippen molar-refractivity contribution in [2.24, 2.45) is 0 Å². The predicted octanol–water partition coefficient (Wildman–Crippen LogP) is 3.11. The lowest BCUT2D eigenvalue weighted by atomic mass is 10.2. The third-order valence-electron chi connectivity index (χ3n) is 3.09. The van der Waals surface area contributed by atoms with E-state index in [1.807, 2.05) is 42.5 Å². The number of ether oxygens (including phenoxy) is 1. The van der Waals surface area contributed by atoms with Crippen LogP contribution in [-0.4, -0.2) is 30.4 Å². The van der Waals surface area contributed by atoms with E-state index in [2.05, 4.69) is 22.6 Å². The van der Waals surface area contributed by atoms with Crippen molar-refractivity contribution in [2.75, 3.05) is 13.7 Å². The first-order chi connectivity index (χ1) is 10.6. The molecule has 5 heteroatoms. The number of likely N-dealkylation sites (N-methyl/N-ethyl adjacent to an activating group) is 1. The first kappa shape index (κ1) is 16.5. The molecule has 114 valence electrons. The molecule has 0 radical (unpaired) electrons. The fourth-order valence-electron chi connectivity index (χ4n) is 1.85. The van der Waals surface area contributed by atoms with Gasteiger partial charge in [0.15, 0.2) is 6.61 Å². The maximum Gasteiger partial charge on any atom is 0.338 e. The van der Waals surface area contributed by atoms with Crippen LogP contribution in [0.25, 0.3) is 0 Å². The van der Waals surface area contributed by atoms with E-state index >= 15 is 0 Å². The molecule has 0 aliphatic rings. The van der Waals surface area contributed by atoms with Crippen molar-refractivity contribution in [1.82, 2.24) is 4.90 Å². The van der Waals surface area contributed by atoms with Crippen LogP contribution in [0, 0.1) is 3.57 Å². The first-order valence-electron chi connectivity index (χ1n) is 6.77. The number of carbonyl (C=O) groups is 2. The first-order valence-corrected chi connectivity index (χ1v) is 7.84. The molecule has 0 heterocycles. The van der Waals surface area contributed by atoms with Gasteiger partial charge < -0.3 is 9.64 Å². The van der Waals surface area contributed by atoms with E-state index in [9.17, 15) is 9.59 Å². The Morgan fingerprint density at radius 1 is 1.05 bits per heavy atom. The fraction of sp³-hybridized carbons (Fsp3) is 0.176. The molecule has 0 spiro atoms. The molecule has 2 aromatic carbocycles. The zero-order valence-electron chi connectivity index (χ0n) is 12.2. The summed E-state index contributed by atoms with van der Waals surface area (Å²) in [6, 6.07) is 16.7. The fourth-order valence-corrected chi connectivity index (χ4v) is 2.21. The van der Waals surface area contributed by atoms with Crippen LogP contribution in [0.3, 0.4) is 0 Å². The second kappa shape index (κ2) is 7.93. The van der Waals surface area contributed by atoms with Gasteiger partial charge in [0.25, 0.3) is 5.91 Å². The van der Waals surface area contributed by atoms with E-state index < -0.39 is 5.97 Å². The summed E-state index contributed by atoms with van der Waals surface area (Å²) in [5.74, 6) is -0.722. The van der Waals surface area contributed by atoms with Gasteiger partial charge >= 0.3 is 5.97 Å². The molecular weight excluding hydrogens is 393 g/mol. The Bertz CT molecular complexity index is 641. The van der Waals surface area contributed by atoms with Crippen molar-refractivity contribution in [3.05, 3.63) is 69.3 Å². The highest BCUT2D eigenvalue weighted by molar-refractivity contribution is 14.1. The van der Waals surface area contributed by atoms with E-state index in [1.54, 1.807) is 19.2 Å². The number of carbonyl (C=O) groups excluding carboxylic acids is 2. The van der Waals surface area contributed by atoms with Crippen LogP contribution in [0.5, 0.6) is 0 Å². The van der Waals surface area contributed by atoms with Gasteiger partial charge in [0.05, 0.1) is 5.56 Å². The highest BCUT2D eigenvalue weighted by Gasteiger charge is 2.13. The number of halogens is 1. The Hall–Kier alpha value is -1.89. The van der Waals surface area contributed by atoms with E-state index in [4.69, 9.17) is 4.74 Å². The summed E-state index contributed by atoms with van der Waals surface area (Å²) in [7, 11) is 1.69. The highest BCUT2D eigenvalue weighted by Crippen LogP contribution is 2.08. The van der Waals surface area contributed by atoms with Crippen LogP contribution in [0.1, 0.15) is 15.9 Å². The van der Waals surface area contributed by atoms with Crippen LogP contribution in [0.15, 0.2) is 54.6 Å². The van der Waals surface area contributed by atoms with Crippen molar-refractivity contribution < 1.29 is 14.3 Å². The van der Waals surface area contributed by atoms with Crippen LogP contribution >= 0.6 is 22.6 Å². The maximum atomic E-state index is 12.0. The molecule has 0 bridgehead atoms. The molecule has 2 rings (SSSR count). The van der Waals surface area contributed by atoms with Crippen molar-refractivity contribution in [3.8, 4) is 0 Å². The maximum absolute atomic E-state index is 12.0. The molecule has 0 N–H and O–H groups in total. The zero-order chi connectivity index (χ0) is 15.9. The number of nitrogens with zero attached hydrogens (tertiary/aromatic N) is 1. The summed E-state index contributed by atoms with van der Waals surface area (Å²) in [6.07, 6.45) is 0. The van der Waals surface area contributed by atoms with Gasteiger partial charge in [-0.2, -0.15) is 0 Å². The summed E-state index contributed by atoms with van der Waals surface area (Å²) in [4.78, 5) is 25.4. The Kier molecular flexibility index (Phi) is 5.94. The Balaban J connectivity index is 1.84. The Labute approximate surface area is 143 Å². The van der Waals surface area contributed by atoms with Crippen molar-refractivity contribution in [3.63, 3.8) is 0 Å². The van der Waals surface area contributed by atoms with Crippen LogP contribution in [0.4, 0.5) is 0 Å². The lowest BCUT2D eigenvalue weighted by Gasteiger charge is -2.17. The van der Waals surface area contributed by atoms with Crippen LogP contribution < -0.4 is 0 Å². The third kappa shape index (κ3) is 4.84. The molecule has 4 nitrogen and oxygen atoms in total. The van der Waals surface area contributed by atoms with Gasteiger partial charge in [-0.05, 0) is 52.4 Å². The largest absolute Gasteiger partial charge is 0.452 e. The Morgan fingerprint density at radius 3 is 2.32 bits per heavy atom. The van der Waals surface area contributed by atoms with E-state index in [1.165, 1.54) is 4.90 Å². The van der Waals surface area contributed by atoms with Gasteiger partial charge in [0, 0.05) is 17.2 Å². The molecule has 0 aromatic heterocycles. The smallest absolute Gasteiger partial charge is 0.338 e. The van der Waals surface area contributed by atoms with E-state index in [0.29, 0.717) is 12.1 Å². The molecule has 1 amide bonds. The van der Waals surface area contributed by atoms with Crippen molar-refractivity contribution >= 4 is 34.5 Å². The molecule has 0 unspecified atom stereocenters. The normalized spacial score (nSPS) is 10.1. The zero-order valence-corrected chi connectivity index (χ0v) is 14.3. The Morgan fingerprint density at radius 2 is 1.68 bits per heavy atom. The molecule has 2 aromatic rings. The monoisotopic (exact) mass is 409 g/mol. The topological polar surface area (TPSA) is 46.6 Å². The molecule has 0 atom stereocenters. The number of benzene rings is 2.